The minimum atomic E-state index is -1.03. The second-order valence-electron chi connectivity index (χ2n) is 8.20. The number of hydrogen-bond donors (Lipinski definition) is 2. The average molecular weight is 517 g/mol. The van der Waals surface area contributed by atoms with Crippen molar-refractivity contribution in [3.63, 3.8) is 0 Å². The van der Waals surface area contributed by atoms with Gasteiger partial charge in [0, 0.05) is 18.5 Å². The van der Waals surface area contributed by atoms with Crippen molar-refractivity contribution in [3.8, 4) is 0 Å². The summed E-state index contributed by atoms with van der Waals surface area (Å²) in [4.78, 5) is 35.7. The molecule has 36 heavy (non-hydrogen) atoms. The van der Waals surface area contributed by atoms with Gasteiger partial charge in [0.2, 0.25) is 0 Å². The summed E-state index contributed by atoms with van der Waals surface area (Å²) in [6, 6.07) is 22.6. The molecule has 0 radical (unpaired) electrons. The zero-order valence-corrected chi connectivity index (χ0v) is 21.4. The highest BCUT2D eigenvalue weighted by Gasteiger charge is 2.39. The number of aliphatic imine (C=N–C) groups is 1. The summed E-state index contributed by atoms with van der Waals surface area (Å²) in [6.45, 7) is 2.97. The molecule has 0 unspecified atom stereocenters. The van der Waals surface area contributed by atoms with E-state index in [0.717, 1.165) is 21.2 Å². The summed E-state index contributed by atoms with van der Waals surface area (Å²) in [5.41, 5.74) is 3.37. The first-order valence-electron chi connectivity index (χ1n) is 11.4. The van der Waals surface area contributed by atoms with Crippen LogP contribution in [0.15, 0.2) is 92.6 Å². The van der Waals surface area contributed by atoms with Gasteiger partial charge < -0.3 is 15.3 Å². The fourth-order valence-electron chi connectivity index (χ4n) is 4.02. The van der Waals surface area contributed by atoms with Crippen LogP contribution in [0.5, 0.6) is 0 Å². The van der Waals surface area contributed by atoms with Crippen molar-refractivity contribution in [1.82, 2.24) is 4.90 Å². The number of rotatable bonds is 6. The minimum Gasteiger partial charge on any atom is -0.478 e. The van der Waals surface area contributed by atoms with Gasteiger partial charge in [0.15, 0.2) is 5.17 Å². The van der Waals surface area contributed by atoms with Crippen molar-refractivity contribution >= 4 is 57.6 Å². The molecule has 0 saturated carbocycles. The molecule has 0 aromatic heterocycles. The van der Waals surface area contributed by atoms with Crippen LogP contribution >= 0.6 is 23.5 Å². The van der Waals surface area contributed by atoms with Gasteiger partial charge in [-0.2, -0.15) is 0 Å². The predicted molar refractivity (Wildman–Crippen MR) is 147 cm³/mol. The number of nitrogens with one attached hydrogen (secondary N) is 1. The molecule has 7 nitrogen and oxygen atoms in total. The Morgan fingerprint density at radius 1 is 1.03 bits per heavy atom. The maximum atomic E-state index is 13.8. The quantitative estimate of drug-likeness (QED) is 0.389. The van der Waals surface area contributed by atoms with Crippen LogP contribution in [0.1, 0.15) is 22.8 Å². The van der Waals surface area contributed by atoms with Crippen molar-refractivity contribution in [2.45, 2.75) is 18.4 Å². The number of benzene rings is 3. The van der Waals surface area contributed by atoms with Crippen LogP contribution in [0.25, 0.3) is 0 Å². The normalized spacial score (nSPS) is 18.2. The largest absolute Gasteiger partial charge is 0.478 e. The Balaban J connectivity index is 1.60. The number of amides is 1. The lowest BCUT2D eigenvalue weighted by atomic mass is 10.1. The molecule has 2 aliphatic heterocycles. The number of carboxylic acid groups (broad SMARTS) is 1. The smallest absolute Gasteiger partial charge is 0.335 e. The predicted octanol–water partition coefficient (Wildman–Crippen LogP) is 5.99. The highest BCUT2D eigenvalue weighted by molar-refractivity contribution is 8.19. The molecule has 2 N–H and O–H groups in total. The second kappa shape index (κ2) is 10.1. The van der Waals surface area contributed by atoms with E-state index in [9.17, 15) is 14.7 Å². The van der Waals surface area contributed by atoms with Gasteiger partial charge in [-0.1, -0.05) is 54.2 Å². The molecule has 9 heteroatoms. The van der Waals surface area contributed by atoms with E-state index in [2.05, 4.69) is 5.32 Å². The molecule has 3 aromatic rings. The molecule has 0 aliphatic carbocycles. The number of thioether (sulfide) groups is 2. The van der Waals surface area contributed by atoms with Crippen LogP contribution < -0.4 is 10.2 Å². The summed E-state index contributed by atoms with van der Waals surface area (Å²) in [5, 5.41) is 14.1. The van der Waals surface area contributed by atoms with Gasteiger partial charge in [-0.25, -0.2) is 9.79 Å². The van der Waals surface area contributed by atoms with Crippen LogP contribution in [-0.4, -0.2) is 40.6 Å². The van der Waals surface area contributed by atoms with E-state index in [1.54, 1.807) is 28.8 Å². The molecule has 5 rings (SSSR count). The molecule has 0 spiro atoms. The van der Waals surface area contributed by atoms with Gasteiger partial charge in [-0.3, -0.25) is 9.69 Å². The molecule has 182 valence electrons. The van der Waals surface area contributed by atoms with Crippen LogP contribution in [0.2, 0.25) is 0 Å². The molecule has 2 heterocycles. The van der Waals surface area contributed by atoms with Gasteiger partial charge in [0.1, 0.15) is 4.91 Å². The third kappa shape index (κ3) is 4.59. The Morgan fingerprint density at radius 2 is 1.78 bits per heavy atom. The molecule has 0 bridgehead atoms. The van der Waals surface area contributed by atoms with Gasteiger partial charge in [-0.15, -0.1) is 0 Å². The fraction of sp³-hybridized carbons (Fsp3) is 0.148. The molecular weight excluding hydrogens is 492 g/mol. The number of carboxylic acids is 1. The molecule has 0 atom stereocenters. The van der Waals surface area contributed by atoms with Crippen LogP contribution in [0.4, 0.5) is 17.1 Å². The van der Waals surface area contributed by atoms with E-state index in [-0.39, 0.29) is 11.5 Å². The van der Waals surface area contributed by atoms with E-state index in [1.165, 1.54) is 17.8 Å². The van der Waals surface area contributed by atoms with Gasteiger partial charge in [-0.05, 0) is 54.6 Å². The van der Waals surface area contributed by atoms with Crippen LogP contribution in [-0.2, 0) is 11.3 Å². The molecule has 2 aliphatic rings. The summed E-state index contributed by atoms with van der Waals surface area (Å²) < 4.78 is 0. The lowest BCUT2D eigenvalue weighted by Gasteiger charge is -2.17. The van der Waals surface area contributed by atoms with Crippen LogP contribution in [0.3, 0.4) is 0 Å². The maximum absolute atomic E-state index is 13.8. The molecule has 1 fully saturated rings. The maximum Gasteiger partial charge on any atom is 0.335 e. The summed E-state index contributed by atoms with van der Waals surface area (Å²) in [6.07, 6.45) is 0. The minimum absolute atomic E-state index is 0.121. The van der Waals surface area contributed by atoms with Crippen LogP contribution in [0, 0.1) is 0 Å². The number of carbonyl (C=O) groups excluding carboxylic acids is 1. The summed E-state index contributed by atoms with van der Waals surface area (Å²) >= 11 is 2.89. The van der Waals surface area contributed by atoms with Gasteiger partial charge >= 0.3 is 5.97 Å². The van der Waals surface area contributed by atoms with Crippen molar-refractivity contribution in [2.75, 3.05) is 23.8 Å². The van der Waals surface area contributed by atoms with E-state index in [0.29, 0.717) is 34.5 Å². The van der Waals surface area contributed by atoms with E-state index >= 15 is 0 Å². The summed E-state index contributed by atoms with van der Waals surface area (Å²) in [5.74, 6) is -1.15. The lowest BCUT2D eigenvalue weighted by molar-refractivity contribution is -0.122. The zero-order valence-electron chi connectivity index (χ0n) is 19.8. The van der Waals surface area contributed by atoms with E-state index < -0.39 is 5.97 Å². The summed E-state index contributed by atoms with van der Waals surface area (Å²) in [7, 11) is 1.96. The number of fused-ring (bicyclic) bond motifs is 1. The van der Waals surface area contributed by atoms with Crippen molar-refractivity contribution in [3.05, 3.63) is 93.9 Å². The SMILES string of the molecule is CCNc1ccc(C(=O)O)cc1N=C1SC(=C2Sc3ccccc3N2C)C(=O)N1Cc1ccccc1. The topological polar surface area (TPSA) is 85.2 Å². The number of para-hydroxylation sites is 1. The average Bonchev–Trinajstić information content (AvgIpc) is 3.37. The molecule has 1 saturated heterocycles. The number of carbonyl (C=O) groups is 2. The monoisotopic (exact) mass is 516 g/mol. The molecular formula is C27H24N4O3S2. The highest BCUT2D eigenvalue weighted by atomic mass is 32.2. The second-order valence-corrected chi connectivity index (χ2v) is 10.2. The Kier molecular flexibility index (Phi) is 6.75. The molecule has 1 amide bonds. The standard InChI is InChI=1S/C27H24N4O3S2/c1-3-28-19-14-13-18(26(33)34)15-20(19)29-27-31(16-17-9-5-4-6-10-17)24(32)23(36-27)25-30(2)21-11-7-8-12-22(21)35-25/h4-15,28H,3,16H2,1-2H3,(H,33,34). The van der Waals surface area contributed by atoms with Gasteiger partial charge in [0.25, 0.3) is 5.91 Å². The number of amidine groups is 1. The fourth-order valence-corrected chi connectivity index (χ4v) is 6.36. The van der Waals surface area contributed by atoms with E-state index in [4.69, 9.17) is 4.99 Å². The third-order valence-corrected chi connectivity index (χ3v) is 8.24. The zero-order chi connectivity index (χ0) is 25.2. The van der Waals surface area contributed by atoms with Crippen molar-refractivity contribution < 1.29 is 14.7 Å². The number of nitrogens with zero attached hydrogens (tertiary/aromatic N) is 3. The number of aromatic carboxylic acids is 1. The first-order chi connectivity index (χ1) is 17.5. The van der Waals surface area contributed by atoms with E-state index in [1.807, 2.05) is 73.5 Å². The van der Waals surface area contributed by atoms with Crippen molar-refractivity contribution in [1.29, 1.82) is 0 Å². The Morgan fingerprint density at radius 3 is 2.50 bits per heavy atom. The first-order valence-corrected chi connectivity index (χ1v) is 13.1. The lowest BCUT2D eigenvalue weighted by Crippen LogP contribution is -2.29. The van der Waals surface area contributed by atoms with Gasteiger partial charge in [0.05, 0.1) is 34.2 Å². The highest BCUT2D eigenvalue weighted by Crippen LogP contribution is 2.50. The number of hydrogen-bond acceptors (Lipinski definition) is 7. The Bertz CT molecular complexity index is 1410. The first kappa shape index (κ1) is 24.0. The Hall–Kier alpha value is -3.69. The number of anilines is 2. The third-order valence-electron chi connectivity index (χ3n) is 5.81. The Labute approximate surface area is 217 Å². The van der Waals surface area contributed by atoms with Crippen molar-refractivity contribution in [2.24, 2.45) is 4.99 Å². The molecule has 3 aromatic carbocycles.